The molecule has 0 bridgehead atoms. The predicted octanol–water partition coefficient (Wildman–Crippen LogP) is 4.23. The van der Waals surface area contributed by atoms with Crippen LogP contribution in [0.1, 0.15) is 26.3 Å². The molecule has 0 unspecified atom stereocenters. The van der Waals surface area contributed by atoms with Crippen molar-refractivity contribution in [3.63, 3.8) is 0 Å². The quantitative estimate of drug-likeness (QED) is 0.609. The van der Waals surface area contributed by atoms with E-state index in [0.717, 1.165) is 5.92 Å². The van der Waals surface area contributed by atoms with Crippen LogP contribution in [0, 0.1) is 5.92 Å². The number of hydrogen-bond donors (Lipinski definition) is 0. The molecule has 0 nitrogen and oxygen atoms in total. The Hall–Kier alpha value is -1.26. The minimum atomic E-state index is 0.766. The molecule has 0 N–H and O–H groups in total. The summed E-state index contributed by atoms with van der Waals surface area (Å²) >= 11 is 0. The van der Waals surface area contributed by atoms with Gasteiger partial charge in [-0.25, -0.2) is 0 Å². The van der Waals surface area contributed by atoms with Crippen LogP contribution in [0.3, 0.4) is 0 Å². The average molecular weight is 188 g/mol. The fourth-order valence-electron chi connectivity index (χ4n) is 1.09. The fraction of sp³-hybridized carbons (Fsp3) is 0.357. The Labute approximate surface area is 88.0 Å². The molecule has 0 aliphatic heterocycles. The second-order valence-corrected chi connectivity index (χ2v) is 3.58. The molecule has 0 saturated heterocycles. The normalized spacial score (nSPS) is 8.57. The zero-order valence-corrected chi connectivity index (χ0v) is 9.46. The summed E-state index contributed by atoms with van der Waals surface area (Å²) in [6.45, 7) is 9.67. The van der Waals surface area contributed by atoms with Crippen molar-refractivity contribution in [2.45, 2.75) is 27.2 Å². The second kappa shape index (κ2) is 8.34. The molecule has 0 heterocycles. The first-order chi connectivity index (χ1) is 6.70. The lowest BCUT2D eigenvalue weighted by molar-refractivity contribution is 0.647. The lowest BCUT2D eigenvalue weighted by Gasteiger charge is -2.02. The smallest absolute Gasteiger partial charge is 0.0256 e. The topological polar surface area (TPSA) is 0 Å². The Morgan fingerprint density at radius 3 is 2.14 bits per heavy atom. The molecule has 1 rings (SSSR count). The highest BCUT2D eigenvalue weighted by molar-refractivity contribution is 5.14. The van der Waals surface area contributed by atoms with Crippen molar-refractivity contribution >= 4 is 0 Å². The Kier molecular flexibility index (Phi) is 7.59. The van der Waals surface area contributed by atoms with Crippen LogP contribution in [0.2, 0.25) is 0 Å². The van der Waals surface area contributed by atoms with E-state index in [1.165, 1.54) is 12.0 Å². The Morgan fingerprint density at radius 2 is 1.79 bits per heavy atom. The largest absolute Gasteiger partial charge is 0.133 e. The average Bonchev–Trinajstić information content (AvgIpc) is 2.19. The first kappa shape index (κ1) is 12.7. The zero-order valence-electron chi connectivity index (χ0n) is 9.46. The second-order valence-electron chi connectivity index (χ2n) is 3.58. The van der Waals surface area contributed by atoms with Crippen LogP contribution in [0.15, 0.2) is 48.7 Å². The number of benzene rings is 1. The third-order valence-corrected chi connectivity index (χ3v) is 1.69. The summed E-state index contributed by atoms with van der Waals surface area (Å²) in [7, 11) is 0. The maximum absolute atomic E-state index is 3.30. The van der Waals surface area contributed by atoms with Crippen LogP contribution in [0.25, 0.3) is 0 Å². The van der Waals surface area contributed by atoms with E-state index in [1.54, 1.807) is 6.08 Å². The maximum Gasteiger partial charge on any atom is -0.0256 e. The summed E-state index contributed by atoms with van der Waals surface area (Å²) in [6.07, 6.45) is 2.96. The van der Waals surface area contributed by atoms with E-state index >= 15 is 0 Å². The summed E-state index contributed by atoms with van der Waals surface area (Å²) in [5.41, 5.74) is 4.00. The number of hydrogen-bond acceptors (Lipinski definition) is 0. The molecule has 0 aliphatic carbocycles. The van der Waals surface area contributed by atoms with Gasteiger partial charge < -0.3 is 0 Å². The van der Waals surface area contributed by atoms with E-state index in [9.17, 15) is 0 Å². The molecule has 0 heteroatoms. The van der Waals surface area contributed by atoms with Crippen molar-refractivity contribution < 1.29 is 0 Å². The van der Waals surface area contributed by atoms with Crippen molar-refractivity contribution in [1.82, 2.24) is 0 Å². The first-order valence-electron chi connectivity index (χ1n) is 5.05. The van der Waals surface area contributed by atoms with Crippen LogP contribution in [-0.4, -0.2) is 0 Å². The molecule has 76 valence electrons. The van der Waals surface area contributed by atoms with E-state index in [1.807, 2.05) is 6.92 Å². The molecule has 0 fully saturated rings. The molecule has 1 aromatic carbocycles. The monoisotopic (exact) mass is 188 g/mol. The van der Waals surface area contributed by atoms with E-state index in [2.05, 4.69) is 56.5 Å². The Bertz CT molecular complexity index is 263. The van der Waals surface area contributed by atoms with Crippen LogP contribution in [0.5, 0.6) is 0 Å². The van der Waals surface area contributed by atoms with E-state index in [4.69, 9.17) is 0 Å². The minimum Gasteiger partial charge on any atom is -0.133 e. The fourth-order valence-corrected chi connectivity index (χ4v) is 1.09. The third-order valence-electron chi connectivity index (χ3n) is 1.69. The Morgan fingerprint density at radius 1 is 1.29 bits per heavy atom. The van der Waals surface area contributed by atoms with Gasteiger partial charge >= 0.3 is 0 Å². The Balaban J connectivity index is 0.000000364. The molecule has 0 aliphatic rings. The molecule has 0 saturated carbocycles. The molecule has 0 atom stereocenters. The molecular weight excluding hydrogens is 168 g/mol. The van der Waals surface area contributed by atoms with Crippen LogP contribution in [0.4, 0.5) is 0 Å². The van der Waals surface area contributed by atoms with Gasteiger partial charge in [0.05, 0.1) is 0 Å². The molecule has 0 amide bonds. The van der Waals surface area contributed by atoms with Crippen LogP contribution >= 0.6 is 0 Å². The highest BCUT2D eigenvalue weighted by Gasteiger charge is 1.94. The summed E-state index contributed by atoms with van der Waals surface area (Å²) in [4.78, 5) is 0. The van der Waals surface area contributed by atoms with Crippen molar-refractivity contribution in [2.75, 3.05) is 0 Å². The van der Waals surface area contributed by atoms with Gasteiger partial charge in [0.25, 0.3) is 0 Å². The van der Waals surface area contributed by atoms with Gasteiger partial charge in [0.2, 0.25) is 0 Å². The van der Waals surface area contributed by atoms with Crippen LogP contribution in [-0.2, 0) is 6.42 Å². The van der Waals surface area contributed by atoms with Crippen molar-refractivity contribution in [3.05, 3.63) is 54.3 Å². The van der Waals surface area contributed by atoms with Gasteiger partial charge in [-0.05, 0) is 30.9 Å². The van der Waals surface area contributed by atoms with Gasteiger partial charge in [-0.1, -0.05) is 50.8 Å². The minimum absolute atomic E-state index is 0.766. The van der Waals surface area contributed by atoms with Gasteiger partial charge in [0.1, 0.15) is 0 Å². The predicted molar refractivity (Wildman–Crippen MR) is 64.4 cm³/mol. The number of rotatable bonds is 2. The molecule has 0 spiro atoms. The summed E-state index contributed by atoms with van der Waals surface area (Å²) in [5, 5.41) is 0. The highest BCUT2D eigenvalue weighted by atomic mass is 14.0. The SMILES string of the molecule is C=C=CC.CC(C)Cc1ccccc1. The molecule has 1 aromatic rings. The van der Waals surface area contributed by atoms with E-state index in [-0.39, 0.29) is 0 Å². The first-order valence-corrected chi connectivity index (χ1v) is 5.05. The van der Waals surface area contributed by atoms with Crippen molar-refractivity contribution in [1.29, 1.82) is 0 Å². The van der Waals surface area contributed by atoms with E-state index in [0.29, 0.717) is 0 Å². The highest BCUT2D eigenvalue weighted by Crippen LogP contribution is 2.05. The van der Waals surface area contributed by atoms with Crippen molar-refractivity contribution in [3.8, 4) is 0 Å². The van der Waals surface area contributed by atoms with Crippen molar-refractivity contribution in [2.24, 2.45) is 5.92 Å². The molecule has 0 aromatic heterocycles. The summed E-state index contributed by atoms with van der Waals surface area (Å²) < 4.78 is 0. The van der Waals surface area contributed by atoms with Crippen LogP contribution < -0.4 is 0 Å². The van der Waals surface area contributed by atoms with Gasteiger partial charge in [0, 0.05) is 0 Å². The van der Waals surface area contributed by atoms with Gasteiger partial charge in [-0.2, -0.15) is 0 Å². The lowest BCUT2D eigenvalue weighted by atomic mass is 10.0. The summed E-state index contributed by atoms with van der Waals surface area (Å²) in [6, 6.07) is 10.6. The molecule has 0 radical (unpaired) electrons. The lowest BCUT2D eigenvalue weighted by Crippen LogP contribution is -1.92. The van der Waals surface area contributed by atoms with Gasteiger partial charge in [0.15, 0.2) is 0 Å². The molecular formula is C14H20. The summed E-state index contributed by atoms with van der Waals surface area (Å²) in [5.74, 6) is 0.766. The maximum atomic E-state index is 3.30. The van der Waals surface area contributed by atoms with E-state index < -0.39 is 0 Å². The zero-order chi connectivity index (χ0) is 10.8. The third kappa shape index (κ3) is 7.39. The standard InChI is InChI=1S/C10H14.C4H6/c1-9(2)8-10-6-4-3-5-7-10;1-3-4-2/h3-7,9H,8H2,1-2H3;4H,1H2,2H3. The van der Waals surface area contributed by atoms with Gasteiger partial charge in [-0.3, -0.25) is 0 Å². The molecule has 14 heavy (non-hydrogen) atoms. The van der Waals surface area contributed by atoms with Gasteiger partial charge in [-0.15, -0.1) is 5.73 Å². The number of allylic oxidation sites excluding steroid dienone is 1.